The number of thioether (sulfide) groups is 1. The summed E-state index contributed by atoms with van der Waals surface area (Å²) in [6.07, 6.45) is 5.35. The number of unbranched alkanes of at least 4 members (excludes halogenated alkanes) is 1. The molecule has 2 N–H and O–H groups in total. The van der Waals surface area contributed by atoms with Gasteiger partial charge >= 0.3 is 0 Å². The highest BCUT2D eigenvalue weighted by atomic mass is 32.2. The molecule has 2 aliphatic heterocycles. The van der Waals surface area contributed by atoms with Crippen molar-refractivity contribution in [3.63, 3.8) is 0 Å². The van der Waals surface area contributed by atoms with E-state index in [-0.39, 0.29) is 18.4 Å². The minimum absolute atomic E-state index is 0.0242. The second-order valence-electron chi connectivity index (χ2n) is 11.5. The van der Waals surface area contributed by atoms with Gasteiger partial charge in [0.05, 0.1) is 12.2 Å². The molecule has 45 heavy (non-hydrogen) atoms. The van der Waals surface area contributed by atoms with Crippen LogP contribution in [0, 0.1) is 13.8 Å². The molecule has 0 spiro atoms. The topological polar surface area (TPSA) is 111 Å². The van der Waals surface area contributed by atoms with E-state index in [9.17, 15) is 9.59 Å². The number of piperidine rings is 1. The lowest BCUT2D eigenvalue weighted by atomic mass is 9.94. The number of aryl methyl sites for hydroxylation is 1. The van der Waals surface area contributed by atoms with Crippen molar-refractivity contribution in [1.82, 2.24) is 19.7 Å². The largest absolute Gasteiger partial charge is 0.490 e. The Hall–Kier alpha value is -3.99. The van der Waals surface area contributed by atoms with Gasteiger partial charge in [0.15, 0.2) is 18.1 Å². The molecular weight excluding hydrogens is 588 g/mol. The van der Waals surface area contributed by atoms with E-state index in [0.29, 0.717) is 40.5 Å². The first kappa shape index (κ1) is 32.4. The third-order valence-corrected chi connectivity index (χ3v) is 9.23. The number of fused-ring (bicyclic) bond motifs is 1. The van der Waals surface area contributed by atoms with Gasteiger partial charge in [0, 0.05) is 30.2 Å². The highest BCUT2D eigenvalue weighted by molar-refractivity contribution is 7.99. The summed E-state index contributed by atoms with van der Waals surface area (Å²) in [6, 6.07) is 10.9. The van der Waals surface area contributed by atoms with E-state index in [1.54, 1.807) is 16.4 Å². The molecule has 1 unspecified atom stereocenters. The van der Waals surface area contributed by atoms with Gasteiger partial charge in [-0.1, -0.05) is 43.3 Å². The number of hydrogen-bond donors (Lipinski definition) is 2. The van der Waals surface area contributed by atoms with Crippen LogP contribution in [-0.2, 0) is 9.59 Å². The molecule has 1 fully saturated rings. The summed E-state index contributed by atoms with van der Waals surface area (Å²) in [7, 11) is 0. The predicted molar refractivity (Wildman–Crippen MR) is 178 cm³/mol. The number of nitrogens with one attached hydrogen (secondary N) is 2. The molecule has 240 valence electrons. The number of benzene rings is 2. The van der Waals surface area contributed by atoms with Crippen LogP contribution in [0.5, 0.6) is 11.5 Å². The lowest BCUT2D eigenvalue weighted by Crippen LogP contribution is -2.38. The van der Waals surface area contributed by atoms with Gasteiger partial charge in [-0.2, -0.15) is 4.98 Å². The average Bonchev–Trinajstić information content (AvgIpc) is 3.44. The minimum Gasteiger partial charge on any atom is -0.490 e. The van der Waals surface area contributed by atoms with Crippen LogP contribution in [0.25, 0.3) is 0 Å². The number of hydrogen-bond acceptors (Lipinski definition) is 8. The summed E-state index contributed by atoms with van der Waals surface area (Å²) in [4.78, 5) is 33.5. The van der Waals surface area contributed by atoms with Crippen molar-refractivity contribution in [1.29, 1.82) is 0 Å². The van der Waals surface area contributed by atoms with E-state index in [4.69, 9.17) is 19.6 Å². The maximum atomic E-state index is 14.1. The maximum absolute atomic E-state index is 14.1. The van der Waals surface area contributed by atoms with Crippen molar-refractivity contribution in [2.24, 2.45) is 0 Å². The zero-order valence-electron chi connectivity index (χ0n) is 26.9. The molecule has 1 saturated heterocycles. The smallest absolute Gasteiger partial charge is 0.260 e. The zero-order valence-corrected chi connectivity index (χ0v) is 27.8. The molecule has 0 saturated carbocycles. The molecule has 10 nitrogen and oxygen atoms in total. The minimum atomic E-state index is -0.581. The molecule has 11 heteroatoms. The normalized spacial score (nSPS) is 16.2. The fraction of sp³-hybridized carbons (Fsp3) is 0.471. The number of nitrogens with zero attached hydrogens (tertiary/aromatic N) is 4. The van der Waals surface area contributed by atoms with Crippen molar-refractivity contribution in [3.05, 3.63) is 64.4 Å². The summed E-state index contributed by atoms with van der Waals surface area (Å²) in [5, 5.41) is 12.0. The SMILES string of the molecule is CCCCSc1nc2n(n1)C(c1ccc(OCC(=O)N3CCCCC3)c(OCC)c1)C(C(=O)Nc1cccc(C)c1C)=C(C)N2. The number of rotatable bonds is 12. The van der Waals surface area contributed by atoms with Gasteiger partial charge in [0.25, 0.3) is 11.8 Å². The number of amides is 2. The molecule has 0 radical (unpaired) electrons. The first-order valence-electron chi connectivity index (χ1n) is 15.9. The Balaban J connectivity index is 1.49. The molecule has 1 aromatic heterocycles. The maximum Gasteiger partial charge on any atom is 0.260 e. The van der Waals surface area contributed by atoms with Gasteiger partial charge in [-0.25, -0.2) is 4.68 Å². The molecule has 2 amide bonds. The van der Waals surface area contributed by atoms with E-state index in [1.807, 2.05) is 69.0 Å². The molecule has 0 bridgehead atoms. The van der Waals surface area contributed by atoms with Crippen LogP contribution < -0.4 is 20.1 Å². The molecule has 1 atom stereocenters. The van der Waals surface area contributed by atoms with Crippen LogP contribution in [0.2, 0.25) is 0 Å². The monoisotopic (exact) mass is 632 g/mol. The number of anilines is 2. The van der Waals surface area contributed by atoms with Crippen molar-refractivity contribution in [3.8, 4) is 11.5 Å². The fourth-order valence-corrected chi connectivity index (χ4v) is 6.55. The second kappa shape index (κ2) is 14.9. The fourth-order valence-electron chi connectivity index (χ4n) is 5.64. The molecular formula is C34H44N6O4S. The molecule has 3 heterocycles. The second-order valence-corrected chi connectivity index (χ2v) is 12.6. The third-order valence-electron chi connectivity index (χ3n) is 8.30. The summed E-state index contributed by atoms with van der Waals surface area (Å²) in [6.45, 7) is 11.9. The Labute approximate surface area is 270 Å². The number of carbonyl (C=O) groups is 2. The van der Waals surface area contributed by atoms with Crippen molar-refractivity contribution >= 4 is 35.2 Å². The Kier molecular flexibility index (Phi) is 10.7. The van der Waals surface area contributed by atoms with Gasteiger partial charge in [0.1, 0.15) is 6.04 Å². The summed E-state index contributed by atoms with van der Waals surface area (Å²) < 4.78 is 13.8. The van der Waals surface area contributed by atoms with Gasteiger partial charge in [0.2, 0.25) is 11.1 Å². The van der Waals surface area contributed by atoms with E-state index >= 15 is 0 Å². The van der Waals surface area contributed by atoms with Gasteiger partial charge in [-0.3, -0.25) is 9.59 Å². The molecule has 3 aromatic rings. The van der Waals surface area contributed by atoms with E-state index in [2.05, 4.69) is 17.6 Å². The lowest BCUT2D eigenvalue weighted by Gasteiger charge is -2.29. The van der Waals surface area contributed by atoms with Crippen LogP contribution >= 0.6 is 11.8 Å². The summed E-state index contributed by atoms with van der Waals surface area (Å²) >= 11 is 1.60. The summed E-state index contributed by atoms with van der Waals surface area (Å²) in [5.74, 6) is 2.22. The van der Waals surface area contributed by atoms with Crippen LogP contribution in [0.15, 0.2) is 52.8 Å². The number of aromatic nitrogens is 3. The number of carbonyl (C=O) groups excluding carboxylic acids is 2. The van der Waals surface area contributed by atoms with E-state index in [0.717, 1.165) is 73.3 Å². The van der Waals surface area contributed by atoms with Crippen molar-refractivity contribution in [2.45, 2.75) is 77.9 Å². The Bertz CT molecular complexity index is 1560. The zero-order chi connectivity index (χ0) is 31.9. The highest BCUT2D eigenvalue weighted by Crippen LogP contribution is 2.40. The standard InChI is InChI=1S/C34H44N6O4S/c1-6-8-19-45-34-37-33-35-24(5)30(32(42)36-26-14-12-13-22(3)23(26)4)31(40(33)38-34)25-15-16-27(28(20-25)43-7-2)44-21-29(41)39-17-10-9-11-18-39/h12-16,20,31H,6-11,17-19,21H2,1-5H3,(H,36,42)(H,35,37,38). The van der Waals surface area contributed by atoms with Crippen molar-refractivity contribution < 1.29 is 19.1 Å². The number of ether oxygens (including phenoxy) is 2. The summed E-state index contributed by atoms with van der Waals surface area (Å²) in [5.41, 5.74) is 4.88. The molecule has 2 aromatic carbocycles. The van der Waals surface area contributed by atoms with Crippen LogP contribution in [0.1, 0.15) is 75.6 Å². The average molecular weight is 633 g/mol. The first-order valence-corrected chi connectivity index (χ1v) is 16.9. The van der Waals surface area contributed by atoms with E-state index in [1.165, 1.54) is 0 Å². The molecule has 2 aliphatic rings. The number of allylic oxidation sites excluding steroid dienone is 1. The Morgan fingerprint density at radius 1 is 1.04 bits per heavy atom. The molecule has 5 rings (SSSR count). The Morgan fingerprint density at radius 3 is 2.60 bits per heavy atom. The third kappa shape index (κ3) is 7.46. The Morgan fingerprint density at radius 2 is 1.84 bits per heavy atom. The van der Waals surface area contributed by atoms with E-state index < -0.39 is 6.04 Å². The first-order chi connectivity index (χ1) is 21.8. The van der Waals surface area contributed by atoms with Crippen LogP contribution in [0.3, 0.4) is 0 Å². The lowest BCUT2D eigenvalue weighted by molar-refractivity contribution is -0.134. The molecule has 0 aliphatic carbocycles. The van der Waals surface area contributed by atoms with Crippen LogP contribution in [-0.4, -0.2) is 63.5 Å². The van der Waals surface area contributed by atoms with Gasteiger partial charge < -0.3 is 25.0 Å². The van der Waals surface area contributed by atoms with Gasteiger partial charge in [-0.05, 0) is 88.3 Å². The predicted octanol–water partition coefficient (Wildman–Crippen LogP) is 6.50. The number of likely N-dealkylation sites (tertiary alicyclic amines) is 1. The van der Waals surface area contributed by atoms with Crippen LogP contribution in [0.4, 0.5) is 11.6 Å². The highest BCUT2D eigenvalue weighted by Gasteiger charge is 2.35. The van der Waals surface area contributed by atoms with Gasteiger partial charge in [-0.15, -0.1) is 5.10 Å². The van der Waals surface area contributed by atoms with Crippen molar-refractivity contribution in [2.75, 3.05) is 42.7 Å². The quantitative estimate of drug-likeness (QED) is 0.172.